The number of nitrogens with one attached hydrogen (secondary N) is 2. The molecule has 3 atom stereocenters. The molecule has 0 saturated carbocycles. The monoisotopic (exact) mass is 707 g/mol. The summed E-state index contributed by atoms with van der Waals surface area (Å²) in [5.74, 6) is 2.18. The molecule has 0 spiro atoms. The van der Waals surface area contributed by atoms with Crippen LogP contribution in [0.15, 0.2) is 65.5 Å². The van der Waals surface area contributed by atoms with Crippen LogP contribution in [0.25, 0.3) is 21.9 Å². The Hall–Kier alpha value is -5.25. The zero-order valence-electron chi connectivity index (χ0n) is 31.1. The second-order valence-electron chi connectivity index (χ2n) is 14.0. The van der Waals surface area contributed by atoms with Crippen LogP contribution in [0.2, 0.25) is 0 Å². The number of aryl methyl sites for hydroxylation is 1. The Bertz CT molecular complexity index is 2050. The van der Waals surface area contributed by atoms with Crippen LogP contribution < -0.4 is 35.0 Å². The average Bonchev–Trinajstić information content (AvgIpc) is 3.51. The number of likely N-dealkylation sites (tertiary alicyclic amines) is 1. The fraction of sp³-hybridized carbons (Fsp3) is 0.405. The Labute approximate surface area is 305 Å². The first-order valence-electron chi connectivity index (χ1n) is 18.0. The van der Waals surface area contributed by atoms with Crippen molar-refractivity contribution in [3.63, 3.8) is 0 Å². The highest BCUT2D eigenvalue weighted by molar-refractivity contribution is 5.93. The molecule has 0 aromatic heterocycles. The Balaban J connectivity index is 1.42. The highest BCUT2D eigenvalue weighted by atomic mass is 16.5. The van der Waals surface area contributed by atoms with E-state index in [4.69, 9.17) is 18.9 Å². The Morgan fingerprint density at radius 2 is 1.58 bits per heavy atom. The number of hydrogen-bond donors (Lipinski definition) is 2. The summed E-state index contributed by atoms with van der Waals surface area (Å²) in [5.41, 5.74) is 4.22. The van der Waals surface area contributed by atoms with Crippen LogP contribution >= 0.6 is 0 Å². The number of carbonyl (C=O) groups excluding carboxylic acids is 2. The molecule has 1 fully saturated rings. The van der Waals surface area contributed by atoms with Gasteiger partial charge < -0.3 is 34.5 Å². The fourth-order valence-electron chi connectivity index (χ4n) is 8.02. The standard InChI is InChI=1S/C42H49N3O7/c1-24(2)21-34(42(48)45-20-10-13-35(45)28-16-19-37(49-4)29-12-9-8-11-27(28)29)44-33-18-15-30-31(23-36(33)47)32(43-25(3)46)17-14-26-22-38(50-5)40(51-6)41(52-7)39(26)30/h8-9,11-12,15-16,18-19,22-24,32,34-35H,10,13-14,17,20-21H2,1-7H3,(H,43,46)(H,44,47)/t32-,34-,35-/m0/s1. The Morgan fingerprint density at radius 1 is 0.846 bits per heavy atom. The normalized spacial score (nSPS) is 17.1. The van der Waals surface area contributed by atoms with Gasteiger partial charge in [0.2, 0.25) is 23.0 Å². The summed E-state index contributed by atoms with van der Waals surface area (Å²) < 4.78 is 23.0. The largest absolute Gasteiger partial charge is 0.496 e. The summed E-state index contributed by atoms with van der Waals surface area (Å²) in [6.07, 6.45) is 3.40. The van der Waals surface area contributed by atoms with Gasteiger partial charge in [-0.05, 0) is 89.9 Å². The molecule has 1 aliphatic carbocycles. The van der Waals surface area contributed by atoms with Crippen LogP contribution in [-0.2, 0) is 16.0 Å². The SMILES string of the molecule is COc1cc2c(c(OC)c1OC)-c1ccc(N[C@@H](CC(C)C)C(=O)N3CCC[C@H]3c3ccc(OC)c4ccccc34)c(=O)cc1[C@@H](NC(C)=O)CC2. The molecule has 0 bridgehead atoms. The molecule has 1 saturated heterocycles. The summed E-state index contributed by atoms with van der Waals surface area (Å²) in [6.45, 7) is 6.26. The molecule has 52 heavy (non-hydrogen) atoms. The number of nitrogens with zero attached hydrogens (tertiary/aromatic N) is 1. The number of anilines is 1. The van der Waals surface area contributed by atoms with Crippen LogP contribution in [0, 0.1) is 5.92 Å². The van der Waals surface area contributed by atoms with Gasteiger partial charge >= 0.3 is 0 Å². The average molecular weight is 708 g/mol. The molecule has 4 aromatic rings. The minimum atomic E-state index is -0.641. The van der Waals surface area contributed by atoms with E-state index in [2.05, 4.69) is 36.6 Å². The molecule has 2 N–H and O–H groups in total. The van der Waals surface area contributed by atoms with Crippen molar-refractivity contribution in [1.29, 1.82) is 0 Å². The zero-order valence-corrected chi connectivity index (χ0v) is 31.1. The smallest absolute Gasteiger partial charge is 0.245 e. The summed E-state index contributed by atoms with van der Waals surface area (Å²) in [5, 5.41) is 8.54. The van der Waals surface area contributed by atoms with Crippen molar-refractivity contribution < 1.29 is 28.5 Å². The first kappa shape index (κ1) is 36.5. The molecule has 0 radical (unpaired) electrons. The lowest BCUT2D eigenvalue weighted by molar-refractivity contribution is -0.133. The van der Waals surface area contributed by atoms with Crippen LogP contribution in [0.3, 0.4) is 0 Å². The first-order valence-corrected chi connectivity index (χ1v) is 18.0. The molecule has 1 heterocycles. The van der Waals surface area contributed by atoms with Crippen molar-refractivity contribution in [2.75, 3.05) is 40.3 Å². The van der Waals surface area contributed by atoms with Crippen molar-refractivity contribution in [2.45, 2.75) is 71.0 Å². The number of hydrogen-bond acceptors (Lipinski definition) is 8. The molecular formula is C42H49N3O7. The Kier molecular flexibility index (Phi) is 10.9. The zero-order chi connectivity index (χ0) is 37.1. The van der Waals surface area contributed by atoms with E-state index in [1.54, 1.807) is 40.6 Å². The van der Waals surface area contributed by atoms with Gasteiger partial charge in [-0.3, -0.25) is 14.4 Å². The minimum Gasteiger partial charge on any atom is -0.496 e. The number of amides is 2. The van der Waals surface area contributed by atoms with E-state index in [0.717, 1.165) is 51.6 Å². The number of benzene rings is 3. The maximum atomic E-state index is 14.6. The van der Waals surface area contributed by atoms with Gasteiger partial charge in [0.15, 0.2) is 11.5 Å². The lowest BCUT2D eigenvalue weighted by atomic mass is 9.95. The maximum absolute atomic E-state index is 14.6. The van der Waals surface area contributed by atoms with E-state index in [-0.39, 0.29) is 29.2 Å². The highest BCUT2D eigenvalue weighted by Gasteiger charge is 2.36. The second-order valence-corrected chi connectivity index (χ2v) is 14.0. The molecule has 274 valence electrons. The van der Waals surface area contributed by atoms with Gasteiger partial charge in [-0.2, -0.15) is 0 Å². The third kappa shape index (κ3) is 6.98. The van der Waals surface area contributed by atoms with Crippen molar-refractivity contribution >= 4 is 28.3 Å². The van der Waals surface area contributed by atoms with Crippen molar-refractivity contribution in [3.8, 4) is 34.1 Å². The third-order valence-corrected chi connectivity index (χ3v) is 10.3. The van der Waals surface area contributed by atoms with Crippen LogP contribution in [-0.4, -0.2) is 57.7 Å². The topological polar surface area (TPSA) is 115 Å². The second kappa shape index (κ2) is 15.6. The number of fused-ring (bicyclic) bond motifs is 4. The van der Waals surface area contributed by atoms with Crippen LogP contribution in [0.1, 0.15) is 75.2 Å². The number of ether oxygens (including phenoxy) is 4. The number of rotatable bonds is 11. The van der Waals surface area contributed by atoms with E-state index in [9.17, 15) is 14.4 Å². The van der Waals surface area contributed by atoms with E-state index < -0.39 is 12.1 Å². The van der Waals surface area contributed by atoms with Gasteiger partial charge in [0.25, 0.3) is 0 Å². The molecule has 1 aliphatic heterocycles. The summed E-state index contributed by atoms with van der Waals surface area (Å²) in [6, 6.07) is 18.1. The first-order chi connectivity index (χ1) is 25.1. The third-order valence-electron chi connectivity index (χ3n) is 10.3. The van der Waals surface area contributed by atoms with Gasteiger partial charge in [0, 0.05) is 24.4 Å². The molecular weight excluding hydrogens is 658 g/mol. The van der Waals surface area contributed by atoms with Gasteiger partial charge in [-0.1, -0.05) is 50.2 Å². The molecule has 2 aliphatic rings. The van der Waals surface area contributed by atoms with E-state index in [1.807, 2.05) is 41.3 Å². The summed E-state index contributed by atoms with van der Waals surface area (Å²) >= 11 is 0. The molecule has 10 nitrogen and oxygen atoms in total. The maximum Gasteiger partial charge on any atom is 0.245 e. The van der Waals surface area contributed by atoms with Crippen LogP contribution in [0.4, 0.5) is 5.69 Å². The van der Waals surface area contributed by atoms with E-state index >= 15 is 0 Å². The van der Waals surface area contributed by atoms with Gasteiger partial charge in [-0.15, -0.1) is 0 Å². The molecule has 10 heteroatoms. The lowest BCUT2D eigenvalue weighted by Gasteiger charge is -2.31. The van der Waals surface area contributed by atoms with E-state index in [1.165, 1.54) is 6.92 Å². The van der Waals surface area contributed by atoms with Crippen LogP contribution in [0.5, 0.6) is 23.0 Å². The number of carbonyl (C=O) groups is 2. The predicted octanol–water partition coefficient (Wildman–Crippen LogP) is 7.22. The van der Waals surface area contributed by atoms with Gasteiger partial charge in [-0.25, -0.2) is 0 Å². The molecule has 2 amide bonds. The predicted molar refractivity (Wildman–Crippen MR) is 204 cm³/mol. The van der Waals surface area contributed by atoms with Crippen molar-refractivity contribution in [2.24, 2.45) is 5.92 Å². The van der Waals surface area contributed by atoms with Gasteiger partial charge in [0.1, 0.15) is 11.8 Å². The van der Waals surface area contributed by atoms with Crippen molar-refractivity contribution in [1.82, 2.24) is 10.2 Å². The van der Waals surface area contributed by atoms with E-state index in [0.29, 0.717) is 54.3 Å². The van der Waals surface area contributed by atoms with Crippen molar-refractivity contribution in [3.05, 3.63) is 87.6 Å². The molecule has 6 rings (SSSR count). The molecule has 0 unspecified atom stereocenters. The quantitative estimate of drug-likeness (QED) is 0.168. The van der Waals surface area contributed by atoms with Gasteiger partial charge in [0.05, 0.1) is 46.2 Å². The fourth-order valence-corrected chi connectivity index (χ4v) is 8.02. The lowest BCUT2D eigenvalue weighted by Crippen LogP contribution is -2.44. The summed E-state index contributed by atoms with van der Waals surface area (Å²) in [4.78, 5) is 43.2. The number of methoxy groups -OCH3 is 4. The minimum absolute atomic E-state index is 0.0384. The highest BCUT2D eigenvalue weighted by Crippen LogP contribution is 2.50. The molecule has 4 aromatic carbocycles. The summed E-state index contributed by atoms with van der Waals surface area (Å²) in [7, 11) is 6.38. The Morgan fingerprint density at radius 3 is 2.25 bits per heavy atom.